The first-order chi connectivity index (χ1) is 30.4. The molecule has 64 heavy (non-hydrogen) atoms. The molecule has 4 aliphatic carbocycles. The van der Waals surface area contributed by atoms with Crippen molar-refractivity contribution in [3.05, 3.63) is 178 Å². The van der Waals surface area contributed by atoms with Gasteiger partial charge in [0.15, 0.2) is 0 Å². The normalized spacial score (nSPS) is 14.0. The Kier molecular flexibility index (Phi) is 11.1. The number of nitrogens with zero attached hydrogens (tertiary/aromatic N) is 7. The fourth-order valence-corrected chi connectivity index (χ4v) is 9.16. The van der Waals surface area contributed by atoms with Crippen LogP contribution in [0.15, 0.2) is 91.2 Å². The van der Waals surface area contributed by atoms with Crippen LogP contribution in [0.2, 0.25) is 0 Å². The molecule has 4 aliphatic rings. The summed E-state index contributed by atoms with van der Waals surface area (Å²) in [6.45, 7) is 8.57. The second kappa shape index (κ2) is 16.6. The van der Waals surface area contributed by atoms with Crippen LogP contribution in [-0.4, -0.2) is 19.2 Å². The second-order valence-corrected chi connectivity index (χ2v) is 16.5. The minimum atomic E-state index is -4.46. The molecule has 4 aromatic carbocycles. The van der Waals surface area contributed by atoms with Gasteiger partial charge in [0.05, 0.1) is 14.1 Å². The molecular formula is C53H43F3IrN7-3. The summed E-state index contributed by atoms with van der Waals surface area (Å²) in [6.07, 6.45) is 21.8. The zero-order valence-electron chi connectivity index (χ0n) is 36.2. The van der Waals surface area contributed by atoms with Crippen molar-refractivity contribution in [2.24, 2.45) is 14.1 Å². The van der Waals surface area contributed by atoms with Crippen molar-refractivity contribution < 1.29 is 42.4 Å². The number of pyridine rings is 1. The maximum Gasteiger partial charge on any atom is 0.431 e. The predicted molar refractivity (Wildman–Crippen MR) is 240 cm³/mol. The number of benzene rings is 4. The molecule has 0 aliphatic heterocycles. The van der Waals surface area contributed by atoms with E-state index in [4.69, 9.17) is 0 Å². The summed E-state index contributed by atoms with van der Waals surface area (Å²) in [7, 11) is 4.10. The number of aryl methyl sites for hydroxylation is 2. The van der Waals surface area contributed by atoms with Gasteiger partial charge in [0.2, 0.25) is 12.7 Å². The number of aromatic nitrogens is 7. The third-order valence-electron chi connectivity index (χ3n) is 12.9. The van der Waals surface area contributed by atoms with E-state index in [0.717, 1.165) is 43.1 Å². The summed E-state index contributed by atoms with van der Waals surface area (Å²) in [5, 5.41) is 11.8. The standard InChI is InChI=1S/2C22H19N2.C9H5F3N3.Ir/c2*1-14-15(2)24(13-23(14)3)20-12-10-18-8-7-16-5-4-6-17-9-11-19(20)22(18)21(16)17;10-9(11,12)8-5-7(14-15-8)6-3-1-2-4-13-6;/h2*4,6-7,9-11H,5,8H2,1-3H3;1-5H;/q3*-1;. The van der Waals surface area contributed by atoms with Crippen LogP contribution in [0, 0.1) is 52.5 Å². The van der Waals surface area contributed by atoms with Crippen LogP contribution in [0.3, 0.4) is 0 Å². The fraction of sp³-hybridized carbons (Fsp3) is 0.208. The number of imidazole rings is 2. The van der Waals surface area contributed by atoms with E-state index >= 15 is 0 Å². The first-order valence-electron chi connectivity index (χ1n) is 21.0. The number of allylic oxidation sites excluding steroid dienone is 6. The molecule has 0 saturated heterocycles. The van der Waals surface area contributed by atoms with E-state index in [9.17, 15) is 13.2 Å². The van der Waals surface area contributed by atoms with E-state index in [2.05, 4.69) is 159 Å². The van der Waals surface area contributed by atoms with Crippen LogP contribution < -0.4 is 14.2 Å². The van der Waals surface area contributed by atoms with Crippen molar-refractivity contribution in [1.29, 1.82) is 0 Å². The fourth-order valence-electron chi connectivity index (χ4n) is 9.16. The molecule has 1 radical (unpaired) electrons. The van der Waals surface area contributed by atoms with Crippen molar-refractivity contribution >= 4 is 44.8 Å². The Morgan fingerprint density at radius 2 is 1.20 bits per heavy atom. The molecule has 4 heterocycles. The molecule has 11 heteroatoms. The van der Waals surface area contributed by atoms with Gasteiger partial charge in [-0.05, 0) is 92.1 Å². The first kappa shape index (κ1) is 42.9. The molecule has 0 bridgehead atoms. The van der Waals surface area contributed by atoms with E-state index in [0.29, 0.717) is 5.69 Å². The third kappa shape index (κ3) is 7.30. The Balaban J connectivity index is 0.000000124. The van der Waals surface area contributed by atoms with E-state index in [1.807, 2.05) is 14.1 Å². The molecular weight excluding hydrogens is 984 g/mol. The Hall–Kier alpha value is -6.42. The molecule has 0 spiro atoms. The minimum absolute atomic E-state index is 0. The van der Waals surface area contributed by atoms with Gasteiger partial charge in [0.25, 0.3) is 0 Å². The summed E-state index contributed by atoms with van der Waals surface area (Å²) in [4.78, 5) is 3.87. The Labute approximate surface area is 384 Å². The van der Waals surface area contributed by atoms with Crippen molar-refractivity contribution in [3.63, 3.8) is 0 Å². The molecule has 0 amide bonds. The maximum atomic E-state index is 12.2. The van der Waals surface area contributed by atoms with Crippen LogP contribution in [0.5, 0.6) is 0 Å². The van der Waals surface area contributed by atoms with Crippen LogP contribution in [0.4, 0.5) is 13.2 Å². The molecule has 0 atom stereocenters. The quantitative estimate of drug-likeness (QED) is 0.131. The van der Waals surface area contributed by atoms with Gasteiger partial charge in [-0.1, -0.05) is 84.6 Å². The summed E-state index contributed by atoms with van der Waals surface area (Å²) in [6, 6.07) is 26.2. The molecule has 0 unspecified atom stereocenters. The summed E-state index contributed by atoms with van der Waals surface area (Å²) < 4.78 is 45.0. The smallest absolute Gasteiger partial charge is 0.431 e. The van der Waals surface area contributed by atoms with Crippen molar-refractivity contribution in [1.82, 2.24) is 24.3 Å². The van der Waals surface area contributed by atoms with Crippen molar-refractivity contribution in [2.45, 2.75) is 59.6 Å². The van der Waals surface area contributed by atoms with Gasteiger partial charge in [-0.25, -0.2) is 0 Å². The van der Waals surface area contributed by atoms with Crippen LogP contribution in [-0.2, 0) is 53.2 Å². The minimum Gasteiger partial charge on any atom is -0.573 e. The molecule has 12 rings (SSSR count). The topological polar surface area (TPSA) is 57.5 Å². The number of alkyl halides is 3. The van der Waals surface area contributed by atoms with Gasteiger partial charge in [0, 0.05) is 54.8 Å². The van der Waals surface area contributed by atoms with Crippen LogP contribution in [0.1, 0.15) is 74.7 Å². The first-order valence-corrected chi connectivity index (χ1v) is 21.0. The zero-order valence-corrected chi connectivity index (χ0v) is 38.6. The Bertz CT molecular complexity index is 3110. The monoisotopic (exact) mass is 1030 g/mol. The van der Waals surface area contributed by atoms with Gasteiger partial charge < -0.3 is 28.5 Å². The SMILES string of the molecule is Cc1c(C)[n+](C)[c-]n1-c1[c-]cc2c3c4c(ccc13)C=CCC4=CC2.Cc1c(C)[n+](C)[c-]n1-c1[c-]cc2c3c4c(ccc13)C=CCC4=CC2.FC(F)(F)c1cc(-c2ccccn2)[n-]n1.[Ir]. The second-order valence-electron chi connectivity index (χ2n) is 16.5. The van der Waals surface area contributed by atoms with Gasteiger partial charge in [0.1, 0.15) is 5.69 Å². The van der Waals surface area contributed by atoms with E-state index in [-0.39, 0.29) is 25.8 Å². The average Bonchev–Trinajstić information content (AvgIpc) is 3.98. The Morgan fingerprint density at radius 3 is 1.62 bits per heavy atom. The van der Waals surface area contributed by atoms with Gasteiger partial charge in [-0.15, -0.1) is 44.8 Å². The Morgan fingerprint density at radius 1 is 0.688 bits per heavy atom. The number of rotatable bonds is 3. The number of halogens is 3. The molecule has 4 aromatic heterocycles. The van der Waals surface area contributed by atoms with Crippen LogP contribution >= 0.6 is 0 Å². The zero-order chi connectivity index (χ0) is 43.7. The molecule has 0 saturated carbocycles. The molecule has 0 N–H and O–H groups in total. The summed E-state index contributed by atoms with van der Waals surface area (Å²) >= 11 is 0. The number of hydrogen-bond donors (Lipinski definition) is 0. The number of hydrogen-bond acceptors (Lipinski definition) is 2. The van der Waals surface area contributed by atoms with E-state index in [1.54, 1.807) is 18.2 Å². The largest absolute Gasteiger partial charge is 0.573 e. The van der Waals surface area contributed by atoms with Crippen LogP contribution in [0.25, 0.3) is 67.6 Å². The molecule has 323 valence electrons. The molecule has 0 fully saturated rings. The molecule has 8 aromatic rings. The average molecular weight is 1030 g/mol. The van der Waals surface area contributed by atoms with Gasteiger partial charge in [-0.3, -0.25) is 4.98 Å². The van der Waals surface area contributed by atoms with Gasteiger partial charge >= 0.3 is 6.18 Å². The summed E-state index contributed by atoms with van der Waals surface area (Å²) in [5.74, 6) is 0. The molecule has 7 nitrogen and oxygen atoms in total. The third-order valence-corrected chi connectivity index (χ3v) is 12.9. The van der Waals surface area contributed by atoms with Gasteiger partial charge in [-0.2, -0.15) is 37.4 Å². The predicted octanol–water partition coefficient (Wildman–Crippen LogP) is 10.2. The maximum absolute atomic E-state index is 12.2. The summed E-state index contributed by atoms with van der Waals surface area (Å²) in [5.41, 5.74) is 17.9. The van der Waals surface area contributed by atoms with E-state index in [1.165, 1.54) is 95.0 Å². The van der Waals surface area contributed by atoms with Crippen molar-refractivity contribution in [2.75, 3.05) is 0 Å². The van der Waals surface area contributed by atoms with E-state index < -0.39 is 11.9 Å². The van der Waals surface area contributed by atoms with Crippen molar-refractivity contribution in [3.8, 4) is 22.8 Å².